The Kier molecular flexibility index (Phi) is 6.40. The van der Waals surface area contributed by atoms with E-state index in [9.17, 15) is 27.6 Å². The first-order chi connectivity index (χ1) is 18.0. The summed E-state index contributed by atoms with van der Waals surface area (Å²) in [6.07, 6.45) is -2.04. The molecule has 4 aromatic heterocycles. The number of thiazole rings is 1. The lowest BCUT2D eigenvalue weighted by Gasteiger charge is -2.15. The highest BCUT2D eigenvalue weighted by Gasteiger charge is 2.34. The number of alkyl halides is 3. The molecule has 1 aliphatic rings. The molecule has 0 saturated heterocycles. The van der Waals surface area contributed by atoms with Crippen LogP contribution in [0.2, 0.25) is 5.15 Å². The predicted octanol–water partition coefficient (Wildman–Crippen LogP) is 3.47. The molecule has 16 heteroatoms. The summed E-state index contributed by atoms with van der Waals surface area (Å²) in [5.41, 5.74) is -0.312. The number of rotatable bonds is 4. The molecule has 0 aliphatic carbocycles. The molecule has 0 fully saturated rings. The lowest BCUT2D eigenvalue weighted by atomic mass is 10.0. The third-order valence-electron chi connectivity index (χ3n) is 5.47. The second-order valence-electron chi connectivity index (χ2n) is 8.09. The van der Waals surface area contributed by atoms with E-state index in [1.54, 1.807) is 13.0 Å². The number of fused-ring (bicyclic) bond motifs is 1. The summed E-state index contributed by atoms with van der Waals surface area (Å²) < 4.78 is 38.1. The van der Waals surface area contributed by atoms with E-state index in [2.05, 4.69) is 35.5 Å². The first kappa shape index (κ1) is 25.4. The summed E-state index contributed by atoms with van der Waals surface area (Å²) in [4.78, 5) is 55.5. The van der Waals surface area contributed by atoms with Gasteiger partial charge < -0.3 is 4.90 Å². The minimum absolute atomic E-state index is 0.0400. The van der Waals surface area contributed by atoms with Crippen molar-refractivity contribution >= 4 is 39.9 Å². The number of anilines is 1. The molecule has 4 aromatic rings. The van der Waals surface area contributed by atoms with Gasteiger partial charge in [0.25, 0.3) is 17.4 Å². The maximum atomic E-state index is 13.1. The molecule has 1 aliphatic heterocycles. The van der Waals surface area contributed by atoms with Crippen LogP contribution < -0.4 is 10.9 Å². The summed E-state index contributed by atoms with van der Waals surface area (Å²) >= 11 is 7.06. The van der Waals surface area contributed by atoms with Gasteiger partial charge in [-0.3, -0.25) is 24.7 Å². The van der Waals surface area contributed by atoms with Crippen LogP contribution in [-0.2, 0) is 19.3 Å². The monoisotopic (exact) mass is 562 g/mol. The number of aromatic amines is 1. The second-order valence-corrected chi connectivity index (χ2v) is 9.56. The van der Waals surface area contributed by atoms with E-state index in [-0.39, 0.29) is 40.2 Å². The number of aromatic nitrogens is 6. The average Bonchev–Trinajstić information content (AvgIpc) is 3.43. The van der Waals surface area contributed by atoms with Gasteiger partial charge in [-0.15, -0.1) is 0 Å². The van der Waals surface area contributed by atoms with Crippen molar-refractivity contribution in [3.63, 3.8) is 0 Å². The van der Waals surface area contributed by atoms with Crippen LogP contribution in [0.3, 0.4) is 0 Å². The first-order valence-electron chi connectivity index (χ1n) is 10.7. The summed E-state index contributed by atoms with van der Waals surface area (Å²) in [6, 6.07) is 2.92. The molecule has 0 bridgehead atoms. The minimum Gasteiger partial charge on any atom is -0.326 e. The van der Waals surface area contributed by atoms with Crippen molar-refractivity contribution in [1.29, 1.82) is 0 Å². The van der Waals surface area contributed by atoms with Crippen molar-refractivity contribution in [1.82, 2.24) is 35.0 Å². The molecule has 0 spiro atoms. The first-order valence-corrected chi connectivity index (χ1v) is 11.9. The lowest BCUT2D eigenvalue weighted by molar-refractivity contribution is -0.141. The number of halogens is 4. The Balaban J connectivity index is 1.31. The molecular weight excluding hydrogens is 549 g/mol. The molecule has 38 heavy (non-hydrogen) atoms. The van der Waals surface area contributed by atoms with Gasteiger partial charge >= 0.3 is 6.18 Å². The molecule has 194 valence electrons. The number of carbonyl (C=O) groups is 2. The Morgan fingerprint density at radius 2 is 1.89 bits per heavy atom. The molecule has 0 atom stereocenters. The number of hydrogen-bond donors (Lipinski definition) is 2. The summed E-state index contributed by atoms with van der Waals surface area (Å²) in [5, 5.41) is 8.89. The summed E-state index contributed by atoms with van der Waals surface area (Å²) in [6.45, 7) is 1.91. The van der Waals surface area contributed by atoms with Gasteiger partial charge in [0, 0.05) is 17.5 Å². The molecule has 0 saturated carbocycles. The number of nitrogens with one attached hydrogen (secondary N) is 2. The molecule has 0 unspecified atom stereocenters. The number of carbonyl (C=O) groups excluding carboxylic acids is 2. The third-order valence-corrected chi connectivity index (χ3v) is 6.66. The lowest BCUT2D eigenvalue weighted by Crippen LogP contribution is -2.27. The molecule has 5 rings (SSSR count). The maximum absolute atomic E-state index is 13.1. The van der Waals surface area contributed by atoms with Crippen LogP contribution in [-0.4, -0.2) is 46.8 Å². The van der Waals surface area contributed by atoms with Crippen molar-refractivity contribution in [3.05, 3.63) is 79.4 Å². The van der Waals surface area contributed by atoms with Crippen molar-refractivity contribution in [2.45, 2.75) is 26.2 Å². The fourth-order valence-corrected chi connectivity index (χ4v) is 4.83. The van der Waals surface area contributed by atoms with Crippen molar-refractivity contribution in [2.24, 2.45) is 0 Å². The SMILES string of the molecule is Cc1cc(-c2cc(Cl)n[nH]c2=O)c(C(=O)Nc2nc3c(s2)CN(C(=O)c2cnc(C(F)(F)F)cn2)C3)cn1. The number of amides is 2. The van der Waals surface area contributed by atoms with Crippen LogP contribution in [0.5, 0.6) is 0 Å². The molecule has 0 aromatic carbocycles. The van der Waals surface area contributed by atoms with Gasteiger partial charge in [0.1, 0.15) is 10.8 Å². The van der Waals surface area contributed by atoms with Gasteiger partial charge in [0.15, 0.2) is 10.8 Å². The Bertz CT molecular complexity index is 1610. The van der Waals surface area contributed by atoms with E-state index < -0.39 is 29.2 Å². The molecule has 2 amide bonds. The van der Waals surface area contributed by atoms with Crippen LogP contribution in [0.4, 0.5) is 18.3 Å². The van der Waals surface area contributed by atoms with Crippen molar-refractivity contribution in [2.75, 3.05) is 5.32 Å². The highest BCUT2D eigenvalue weighted by atomic mass is 35.5. The zero-order valence-corrected chi connectivity index (χ0v) is 20.7. The van der Waals surface area contributed by atoms with Gasteiger partial charge in [-0.25, -0.2) is 20.1 Å². The smallest absolute Gasteiger partial charge is 0.326 e. The van der Waals surface area contributed by atoms with Gasteiger partial charge in [-0.05, 0) is 19.1 Å². The minimum atomic E-state index is -4.66. The Labute approximate surface area is 219 Å². The number of pyridine rings is 1. The van der Waals surface area contributed by atoms with Gasteiger partial charge in [-0.2, -0.15) is 18.3 Å². The van der Waals surface area contributed by atoms with Crippen LogP contribution in [0, 0.1) is 6.92 Å². The maximum Gasteiger partial charge on any atom is 0.434 e. The van der Waals surface area contributed by atoms with Crippen LogP contribution in [0.25, 0.3) is 11.1 Å². The Morgan fingerprint density at radius 1 is 1.11 bits per heavy atom. The normalized spacial score (nSPS) is 12.9. The average molecular weight is 563 g/mol. The van der Waals surface area contributed by atoms with Crippen LogP contribution in [0.15, 0.2) is 35.5 Å². The Morgan fingerprint density at radius 3 is 2.58 bits per heavy atom. The third kappa shape index (κ3) is 4.97. The molecule has 5 heterocycles. The summed E-state index contributed by atoms with van der Waals surface area (Å²) in [7, 11) is 0. The molecule has 0 radical (unpaired) electrons. The fourth-order valence-electron chi connectivity index (χ4n) is 3.69. The second kappa shape index (κ2) is 9.57. The van der Waals surface area contributed by atoms with Gasteiger partial charge in [0.2, 0.25) is 0 Å². The largest absolute Gasteiger partial charge is 0.434 e. The van der Waals surface area contributed by atoms with Crippen LogP contribution >= 0.6 is 22.9 Å². The zero-order valence-electron chi connectivity index (χ0n) is 19.1. The number of aryl methyl sites for hydroxylation is 1. The highest BCUT2D eigenvalue weighted by Crippen LogP contribution is 2.33. The van der Waals surface area contributed by atoms with E-state index in [0.29, 0.717) is 28.0 Å². The number of hydrogen-bond acceptors (Lipinski definition) is 9. The van der Waals surface area contributed by atoms with Crippen molar-refractivity contribution < 1.29 is 22.8 Å². The van der Waals surface area contributed by atoms with E-state index in [4.69, 9.17) is 11.6 Å². The quantitative estimate of drug-likeness (QED) is 0.384. The standard InChI is InChI=1S/C22H14ClF3N8O3S/c1-9-2-10(11-3-17(23)32-33-19(11)36)12(4-27-9)18(35)31-21-30-14-7-34(8-15(14)38-21)20(37)13-5-29-16(6-28-13)22(24,25)26/h2-6H,7-8H2,1H3,(H,33,36)(H,30,31,35). The molecular formula is C22H14ClF3N8O3S. The van der Waals surface area contributed by atoms with Crippen molar-refractivity contribution in [3.8, 4) is 11.1 Å². The Hall–Kier alpha value is -4.24. The fraction of sp³-hybridized carbons (Fsp3) is 0.182. The van der Waals surface area contributed by atoms with E-state index in [1.807, 2.05) is 0 Å². The van der Waals surface area contributed by atoms with E-state index in [1.165, 1.54) is 17.2 Å². The highest BCUT2D eigenvalue weighted by molar-refractivity contribution is 7.16. The molecule has 11 nitrogen and oxygen atoms in total. The topological polar surface area (TPSA) is 147 Å². The zero-order chi connectivity index (χ0) is 27.2. The predicted molar refractivity (Wildman–Crippen MR) is 129 cm³/mol. The van der Waals surface area contributed by atoms with E-state index in [0.717, 1.165) is 17.5 Å². The molecule has 2 N–H and O–H groups in total. The van der Waals surface area contributed by atoms with E-state index >= 15 is 0 Å². The van der Waals surface area contributed by atoms with Gasteiger partial charge in [0.05, 0.1) is 47.2 Å². The number of nitrogens with zero attached hydrogens (tertiary/aromatic N) is 6. The summed E-state index contributed by atoms with van der Waals surface area (Å²) in [5.74, 6) is -1.17. The van der Waals surface area contributed by atoms with Gasteiger partial charge in [-0.1, -0.05) is 22.9 Å². The number of H-pyrrole nitrogens is 1. The van der Waals surface area contributed by atoms with Crippen LogP contribution in [0.1, 0.15) is 42.8 Å².